The van der Waals surface area contributed by atoms with E-state index in [9.17, 15) is 0 Å². The molecule has 0 unspecified atom stereocenters. The van der Waals surface area contributed by atoms with Crippen molar-refractivity contribution in [2.75, 3.05) is 0 Å². The molecule has 0 atom stereocenters. The Kier molecular flexibility index (Phi) is 21.1. The Morgan fingerprint density at radius 3 is 1.42 bits per heavy atom. The van der Waals surface area contributed by atoms with Crippen LogP contribution in [0.1, 0.15) is 168 Å². The summed E-state index contributed by atoms with van der Waals surface area (Å²) in [4.78, 5) is 0. The number of rotatable bonds is 25. The van der Waals surface area contributed by atoms with E-state index < -0.39 is 0 Å². The first-order valence-corrected chi connectivity index (χ1v) is 15.4. The van der Waals surface area contributed by atoms with Gasteiger partial charge in [-0.3, -0.25) is 0 Å². The summed E-state index contributed by atoms with van der Waals surface area (Å²) in [5, 5.41) is 0. The number of unbranched alkanes of at least 4 members (excludes halogenated alkanes) is 19. The van der Waals surface area contributed by atoms with Gasteiger partial charge >= 0.3 is 0 Å². The van der Waals surface area contributed by atoms with Gasteiger partial charge in [-0.05, 0) is 25.7 Å². The van der Waals surface area contributed by atoms with Crippen LogP contribution >= 0.6 is 0 Å². The van der Waals surface area contributed by atoms with Crippen LogP contribution in [0.3, 0.4) is 0 Å². The number of aryl methyl sites for hydroxylation is 2. The Bertz CT molecular complexity index is 519. The molecule has 1 aromatic rings. The van der Waals surface area contributed by atoms with Crippen LogP contribution in [0.5, 0.6) is 0 Å². The van der Waals surface area contributed by atoms with E-state index in [-0.39, 0.29) is 0 Å². The molecule has 194 valence electrons. The van der Waals surface area contributed by atoms with Crippen LogP contribution < -0.4 is 4.57 Å². The molecule has 0 amide bonds. The maximum absolute atomic E-state index is 2.57. The van der Waals surface area contributed by atoms with Crippen molar-refractivity contribution in [3.8, 4) is 0 Å². The number of imidazole rings is 1. The van der Waals surface area contributed by atoms with E-state index in [4.69, 9.17) is 0 Å². The van der Waals surface area contributed by atoms with E-state index in [0.29, 0.717) is 0 Å². The van der Waals surface area contributed by atoms with Gasteiger partial charge in [0.1, 0.15) is 12.4 Å². The van der Waals surface area contributed by atoms with Crippen LogP contribution in [0.2, 0.25) is 0 Å². The molecular formula is C31H61N2+. The lowest BCUT2D eigenvalue weighted by Crippen LogP contribution is -2.37. The van der Waals surface area contributed by atoms with Gasteiger partial charge in [-0.15, -0.1) is 0 Å². The van der Waals surface area contributed by atoms with Crippen molar-refractivity contribution >= 4 is 0 Å². The Morgan fingerprint density at radius 2 is 0.939 bits per heavy atom. The maximum Gasteiger partial charge on any atom is 0.256 e. The molecule has 0 radical (unpaired) electrons. The fourth-order valence-corrected chi connectivity index (χ4v) is 5.06. The molecule has 1 heterocycles. The predicted molar refractivity (Wildman–Crippen MR) is 147 cm³/mol. The topological polar surface area (TPSA) is 8.81 Å². The maximum atomic E-state index is 2.57. The SMILES string of the molecule is CCCCCCCCCCCCCCCCCCCn1cc[n+](CCCC)c1CCCCC. The average molecular weight is 462 g/mol. The number of aromatic nitrogens is 2. The van der Waals surface area contributed by atoms with E-state index in [1.54, 1.807) is 5.82 Å². The molecule has 0 saturated carbocycles. The lowest BCUT2D eigenvalue weighted by molar-refractivity contribution is -0.704. The van der Waals surface area contributed by atoms with Gasteiger partial charge in [-0.1, -0.05) is 136 Å². The molecule has 0 aromatic carbocycles. The van der Waals surface area contributed by atoms with E-state index >= 15 is 0 Å². The summed E-state index contributed by atoms with van der Waals surface area (Å²) in [5.74, 6) is 1.58. The standard InChI is InChI=1S/C31H61N2/c1-4-7-10-11-12-13-14-15-16-17-18-19-20-21-22-23-25-28-33-30-29-32(27-9-6-3)31(33)26-24-8-5-2/h29-30H,4-28H2,1-3H3/q+1. The highest BCUT2D eigenvalue weighted by molar-refractivity contribution is 4.84. The van der Waals surface area contributed by atoms with Crippen LogP contribution in [-0.4, -0.2) is 4.57 Å². The summed E-state index contributed by atoms with van der Waals surface area (Å²) in [7, 11) is 0. The molecule has 0 N–H and O–H groups in total. The molecule has 2 nitrogen and oxygen atoms in total. The normalized spacial score (nSPS) is 11.5. The molecule has 0 aliphatic heterocycles. The van der Waals surface area contributed by atoms with Crippen LogP contribution in [0.25, 0.3) is 0 Å². The van der Waals surface area contributed by atoms with Crippen molar-refractivity contribution in [2.45, 2.75) is 182 Å². The number of nitrogens with zero attached hydrogens (tertiary/aromatic N) is 2. The minimum absolute atomic E-state index is 1.20. The average Bonchev–Trinajstić information content (AvgIpc) is 3.21. The number of hydrogen-bond donors (Lipinski definition) is 0. The highest BCUT2D eigenvalue weighted by Crippen LogP contribution is 2.14. The molecular weight excluding hydrogens is 400 g/mol. The molecule has 1 aromatic heterocycles. The fraction of sp³-hybridized carbons (Fsp3) is 0.903. The summed E-state index contributed by atoms with van der Waals surface area (Å²) in [5.41, 5.74) is 0. The first kappa shape index (κ1) is 30.2. The van der Waals surface area contributed by atoms with E-state index in [0.717, 1.165) is 0 Å². The van der Waals surface area contributed by atoms with Crippen molar-refractivity contribution in [1.29, 1.82) is 0 Å². The third kappa shape index (κ3) is 16.5. The van der Waals surface area contributed by atoms with Gasteiger partial charge in [0.2, 0.25) is 0 Å². The van der Waals surface area contributed by atoms with Crippen molar-refractivity contribution in [3.05, 3.63) is 18.2 Å². The highest BCUT2D eigenvalue weighted by atomic mass is 15.1. The summed E-state index contributed by atoms with van der Waals surface area (Å²) in [6.07, 6.45) is 37.2. The van der Waals surface area contributed by atoms with Gasteiger partial charge in [0, 0.05) is 6.42 Å². The largest absolute Gasteiger partial charge is 0.256 e. The van der Waals surface area contributed by atoms with E-state index in [1.165, 1.54) is 161 Å². The Hall–Kier alpha value is -0.790. The highest BCUT2D eigenvalue weighted by Gasteiger charge is 2.16. The molecule has 0 aliphatic carbocycles. The molecule has 0 aliphatic rings. The first-order valence-electron chi connectivity index (χ1n) is 15.4. The first-order chi connectivity index (χ1) is 16.3. The number of hydrogen-bond acceptors (Lipinski definition) is 0. The molecule has 0 fully saturated rings. The van der Waals surface area contributed by atoms with Gasteiger partial charge in [-0.2, -0.15) is 0 Å². The van der Waals surface area contributed by atoms with Gasteiger partial charge in [0.15, 0.2) is 0 Å². The van der Waals surface area contributed by atoms with Crippen LogP contribution in [0.4, 0.5) is 0 Å². The van der Waals surface area contributed by atoms with Gasteiger partial charge < -0.3 is 0 Å². The minimum atomic E-state index is 1.20. The second-order valence-corrected chi connectivity index (χ2v) is 10.6. The third-order valence-electron chi connectivity index (χ3n) is 7.35. The monoisotopic (exact) mass is 461 g/mol. The smallest absolute Gasteiger partial charge is 0.234 e. The quantitative estimate of drug-likeness (QED) is 0.101. The summed E-state index contributed by atoms with van der Waals surface area (Å²) in [6.45, 7) is 9.33. The molecule has 2 heteroatoms. The Labute approximate surface area is 208 Å². The van der Waals surface area contributed by atoms with Gasteiger partial charge in [-0.25, -0.2) is 9.13 Å². The molecule has 33 heavy (non-hydrogen) atoms. The van der Waals surface area contributed by atoms with E-state index in [2.05, 4.69) is 42.3 Å². The molecule has 1 rings (SSSR count). The third-order valence-corrected chi connectivity index (χ3v) is 7.35. The lowest BCUT2D eigenvalue weighted by atomic mass is 10.0. The van der Waals surface area contributed by atoms with Crippen molar-refractivity contribution in [2.24, 2.45) is 0 Å². The Balaban J connectivity index is 1.99. The zero-order valence-corrected chi connectivity index (χ0v) is 23.2. The second-order valence-electron chi connectivity index (χ2n) is 10.6. The lowest BCUT2D eigenvalue weighted by Gasteiger charge is -2.06. The second kappa shape index (κ2) is 23.0. The van der Waals surface area contributed by atoms with Crippen LogP contribution in [0.15, 0.2) is 12.4 Å². The molecule has 0 spiro atoms. The van der Waals surface area contributed by atoms with Crippen LogP contribution in [0, 0.1) is 0 Å². The molecule has 0 bridgehead atoms. The van der Waals surface area contributed by atoms with Gasteiger partial charge in [0.05, 0.1) is 13.1 Å². The van der Waals surface area contributed by atoms with Crippen molar-refractivity contribution in [3.63, 3.8) is 0 Å². The zero-order chi connectivity index (χ0) is 23.8. The fourth-order valence-electron chi connectivity index (χ4n) is 5.06. The molecule has 0 saturated heterocycles. The summed E-state index contributed by atoms with van der Waals surface area (Å²) in [6, 6.07) is 0. The predicted octanol–water partition coefficient (Wildman–Crippen LogP) is 9.96. The Morgan fingerprint density at radius 1 is 0.515 bits per heavy atom. The summed E-state index contributed by atoms with van der Waals surface area (Å²) < 4.78 is 5.10. The van der Waals surface area contributed by atoms with Crippen molar-refractivity contribution < 1.29 is 4.57 Å². The summed E-state index contributed by atoms with van der Waals surface area (Å²) >= 11 is 0. The van der Waals surface area contributed by atoms with Gasteiger partial charge in [0.25, 0.3) is 5.82 Å². The van der Waals surface area contributed by atoms with Crippen molar-refractivity contribution in [1.82, 2.24) is 4.57 Å². The zero-order valence-electron chi connectivity index (χ0n) is 23.2. The van der Waals surface area contributed by atoms with Crippen LogP contribution in [-0.2, 0) is 19.5 Å². The van der Waals surface area contributed by atoms with E-state index in [1.807, 2.05) is 0 Å². The minimum Gasteiger partial charge on any atom is -0.234 e.